The number of sulfone groups is 1. The minimum absolute atomic E-state index is 0.311. The molecule has 1 aromatic carbocycles. The molecule has 0 amide bonds. The lowest BCUT2D eigenvalue weighted by Gasteiger charge is -2.26. The smallest absolute Gasteiger partial charge is 0.341 e. The van der Waals surface area contributed by atoms with Gasteiger partial charge in [0.15, 0.2) is 5.83 Å². The fourth-order valence-electron chi connectivity index (χ4n) is 3.74. The van der Waals surface area contributed by atoms with Crippen molar-refractivity contribution in [2.24, 2.45) is 11.3 Å². The Hall–Kier alpha value is -2.26. The molecule has 4 rings (SSSR count). The molecule has 0 aromatic heterocycles. The molecule has 0 aliphatic heterocycles. The predicted molar refractivity (Wildman–Crippen MR) is 100 cm³/mol. The highest BCUT2D eigenvalue weighted by Crippen LogP contribution is 2.58. The first kappa shape index (κ1) is 21.0. The van der Waals surface area contributed by atoms with E-state index in [1.54, 1.807) is 6.08 Å². The summed E-state index contributed by atoms with van der Waals surface area (Å²) in [7, 11) is -3.82. The highest BCUT2D eigenvalue weighted by atomic mass is 32.2. The fourth-order valence-corrected chi connectivity index (χ4v) is 4.46. The first-order valence-corrected chi connectivity index (χ1v) is 10.6. The van der Waals surface area contributed by atoms with Crippen molar-refractivity contribution < 1.29 is 35.1 Å². The molecule has 3 aliphatic carbocycles. The van der Waals surface area contributed by atoms with E-state index in [4.69, 9.17) is 0 Å². The Morgan fingerprint density at radius 3 is 2.23 bits per heavy atom. The summed E-state index contributed by atoms with van der Waals surface area (Å²) < 4.78 is 96.4. The van der Waals surface area contributed by atoms with Gasteiger partial charge in [-0.15, -0.1) is 0 Å². The maximum absolute atomic E-state index is 14.7. The van der Waals surface area contributed by atoms with Gasteiger partial charge in [0.2, 0.25) is 9.84 Å². The highest BCUT2D eigenvalue weighted by molar-refractivity contribution is 7.91. The zero-order valence-corrected chi connectivity index (χ0v) is 16.5. The summed E-state index contributed by atoms with van der Waals surface area (Å²) in [5.41, 5.74) is 1.08. The topological polar surface area (TPSA) is 43.4 Å². The summed E-state index contributed by atoms with van der Waals surface area (Å²) in [5.74, 6) is -9.89. The van der Waals surface area contributed by atoms with Gasteiger partial charge in [-0.25, -0.2) is 17.2 Å². The van der Waals surface area contributed by atoms with Crippen molar-refractivity contribution >= 4 is 15.4 Å². The SMILES string of the molecule is COC1(F)C=C(F)C(C2=CC3(C=C2c2ccc(S(=O)(=O)C(F)F)cc2)CC3)C=C1F. The summed E-state index contributed by atoms with van der Waals surface area (Å²) in [4.78, 5) is -0.538. The van der Waals surface area contributed by atoms with Crippen molar-refractivity contribution in [1.29, 1.82) is 0 Å². The number of rotatable bonds is 5. The Morgan fingerprint density at radius 2 is 1.70 bits per heavy atom. The zero-order valence-electron chi connectivity index (χ0n) is 15.7. The molecule has 30 heavy (non-hydrogen) atoms. The van der Waals surface area contributed by atoms with Crippen LogP contribution in [0.1, 0.15) is 18.4 Å². The van der Waals surface area contributed by atoms with Crippen LogP contribution in [0.4, 0.5) is 22.0 Å². The van der Waals surface area contributed by atoms with Crippen LogP contribution >= 0.6 is 0 Å². The van der Waals surface area contributed by atoms with E-state index in [2.05, 4.69) is 4.74 Å². The summed E-state index contributed by atoms with van der Waals surface area (Å²) in [6.07, 6.45) is 6.52. The van der Waals surface area contributed by atoms with E-state index in [9.17, 15) is 30.4 Å². The third-order valence-electron chi connectivity index (χ3n) is 5.63. The van der Waals surface area contributed by atoms with Gasteiger partial charge in [0.1, 0.15) is 5.83 Å². The Labute approximate surface area is 170 Å². The van der Waals surface area contributed by atoms with E-state index in [1.165, 1.54) is 12.1 Å². The number of halogens is 5. The summed E-state index contributed by atoms with van der Waals surface area (Å²) in [5, 5.41) is 0. The van der Waals surface area contributed by atoms with E-state index in [1.807, 2.05) is 6.08 Å². The third-order valence-corrected chi connectivity index (χ3v) is 7.03. The first-order chi connectivity index (χ1) is 14.0. The van der Waals surface area contributed by atoms with E-state index in [0.29, 0.717) is 22.8 Å². The second kappa shape index (κ2) is 6.88. The lowest BCUT2D eigenvalue weighted by Crippen LogP contribution is -2.28. The fraction of sp³-hybridized carbons (Fsp3) is 0.333. The van der Waals surface area contributed by atoms with Gasteiger partial charge in [-0.3, -0.25) is 0 Å². The van der Waals surface area contributed by atoms with Gasteiger partial charge >= 0.3 is 5.76 Å². The van der Waals surface area contributed by atoms with Crippen LogP contribution in [-0.4, -0.2) is 27.1 Å². The molecule has 0 heterocycles. The van der Waals surface area contributed by atoms with Crippen LogP contribution in [0.25, 0.3) is 5.57 Å². The maximum Gasteiger partial charge on any atom is 0.341 e. The van der Waals surface area contributed by atoms with Crippen molar-refractivity contribution in [1.82, 2.24) is 0 Å². The summed E-state index contributed by atoms with van der Waals surface area (Å²) in [6.45, 7) is 0. The Bertz CT molecular complexity index is 1110. The first-order valence-electron chi connectivity index (χ1n) is 9.10. The molecule has 9 heteroatoms. The van der Waals surface area contributed by atoms with E-state index < -0.39 is 43.9 Å². The molecule has 2 unspecified atom stereocenters. The van der Waals surface area contributed by atoms with Crippen LogP contribution in [-0.2, 0) is 14.6 Å². The standard InChI is InChI=1S/C21H17F5O3S/c1-29-21(26)11-17(22)14(8-18(21)23)16-10-20(6-7-20)9-15(16)12-2-4-13(5-3-12)30(27,28)19(24)25/h2-5,8-11,14,19H,6-7H2,1H3. The van der Waals surface area contributed by atoms with Crippen LogP contribution in [0.2, 0.25) is 0 Å². The van der Waals surface area contributed by atoms with Gasteiger partial charge < -0.3 is 4.74 Å². The molecular weight excluding hydrogens is 427 g/mol. The molecule has 1 spiro atoms. The van der Waals surface area contributed by atoms with Gasteiger partial charge in [0.05, 0.1) is 10.8 Å². The third kappa shape index (κ3) is 3.33. The number of methoxy groups -OCH3 is 1. The van der Waals surface area contributed by atoms with Crippen LogP contribution < -0.4 is 0 Å². The number of ether oxygens (including phenoxy) is 1. The summed E-state index contributed by atoms with van der Waals surface area (Å²) in [6, 6.07) is 4.78. The van der Waals surface area contributed by atoms with E-state index in [-0.39, 0.29) is 5.41 Å². The van der Waals surface area contributed by atoms with Gasteiger partial charge in [-0.05, 0) is 47.8 Å². The van der Waals surface area contributed by atoms with Crippen molar-refractivity contribution in [2.45, 2.75) is 29.3 Å². The van der Waals surface area contributed by atoms with Crippen LogP contribution in [0.5, 0.6) is 0 Å². The van der Waals surface area contributed by atoms with E-state index >= 15 is 0 Å². The monoisotopic (exact) mass is 444 g/mol. The minimum atomic E-state index is -4.74. The van der Waals surface area contributed by atoms with Crippen LogP contribution in [0, 0.1) is 11.3 Å². The molecule has 3 nitrogen and oxygen atoms in total. The van der Waals surface area contributed by atoms with Gasteiger partial charge in [0.25, 0.3) is 5.85 Å². The molecule has 1 fully saturated rings. The quantitative estimate of drug-likeness (QED) is 0.569. The lowest BCUT2D eigenvalue weighted by molar-refractivity contribution is -0.0667. The molecule has 0 radical (unpaired) electrons. The number of allylic oxidation sites excluding steroid dienone is 6. The molecule has 0 bridgehead atoms. The van der Waals surface area contributed by atoms with Gasteiger partial charge in [0, 0.05) is 18.6 Å². The molecule has 0 N–H and O–H groups in total. The van der Waals surface area contributed by atoms with Crippen molar-refractivity contribution in [2.75, 3.05) is 7.11 Å². The predicted octanol–water partition coefficient (Wildman–Crippen LogP) is 5.44. The number of hydrogen-bond donors (Lipinski definition) is 0. The summed E-state index contributed by atoms with van der Waals surface area (Å²) >= 11 is 0. The number of hydrogen-bond acceptors (Lipinski definition) is 3. The Kier molecular flexibility index (Phi) is 4.81. The molecule has 0 saturated heterocycles. The van der Waals surface area contributed by atoms with E-state index in [0.717, 1.165) is 38.2 Å². The number of alkyl halides is 3. The van der Waals surface area contributed by atoms with Crippen LogP contribution in [0.15, 0.2) is 70.7 Å². The largest absolute Gasteiger partial charge is 0.341 e. The molecule has 3 aliphatic rings. The zero-order chi connectivity index (χ0) is 21.9. The lowest BCUT2D eigenvalue weighted by atomic mass is 9.86. The average molecular weight is 444 g/mol. The average Bonchev–Trinajstić information content (AvgIpc) is 3.35. The molecule has 1 aromatic rings. The van der Waals surface area contributed by atoms with Crippen LogP contribution in [0.3, 0.4) is 0 Å². The molecule has 160 valence electrons. The molecular formula is C21H17F5O3S. The van der Waals surface area contributed by atoms with Crippen molar-refractivity contribution in [3.8, 4) is 0 Å². The van der Waals surface area contributed by atoms with Gasteiger partial charge in [-0.1, -0.05) is 24.3 Å². The second-order valence-electron chi connectivity index (χ2n) is 7.59. The van der Waals surface area contributed by atoms with Gasteiger partial charge in [-0.2, -0.15) is 13.2 Å². The number of benzene rings is 1. The normalized spacial score (nSPS) is 27.6. The maximum atomic E-state index is 14.7. The van der Waals surface area contributed by atoms with Crippen molar-refractivity contribution in [3.63, 3.8) is 0 Å². The molecule has 1 saturated carbocycles. The Morgan fingerprint density at radius 1 is 1.07 bits per heavy atom. The molecule has 2 atom stereocenters. The second-order valence-corrected chi connectivity index (χ2v) is 9.51. The Balaban J connectivity index is 1.72. The minimum Gasteiger partial charge on any atom is -0.341 e. The highest BCUT2D eigenvalue weighted by Gasteiger charge is 2.47. The van der Waals surface area contributed by atoms with Crippen molar-refractivity contribution in [3.05, 3.63) is 71.4 Å².